The fraction of sp³-hybridized carbons (Fsp3) is 0.538. The first kappa shape index (κ1) is 23.8. The lowest BCUT2D eigenvalue weighted by Gasteiger charge is -2.42. The van der Waals surface area contributed by atoms with Crippen molar-refractivity contribution in [3.63, 3.8) is 0 Å². The molecule has 0 radical (unpaired) electrons. The highest BCUT2D eigenvalue weighted by atomic mass is 16.5. The van der Waals surface area contributed by atoms with Gasteiger partial charge in [0.2, 0.25) is 0 Å². The van der Waals surface area contributed by atoms with Gasteiger partial charge >= 0.3 is 0 Å². The molecule has 2 saturated heterocycles. The lowest BCUT2D eigenvalue weighted by Crippen LogP contribution is -2.55. The van der Waals surface area contributed by atoms with Crippen LogP contribution in [0.25, 0.3) is 0 Å². The molecule has 0 amide bonds. The van der Waals surface area contributed by atoms with E-state index in [4.69, 9.17) is 14.2 Å². The molecule has 2 N–H and O–H groups in total. The number of ether oxygens (including phenoxy) is 3. The highest BCUT2D eigenvalue weighted by Gasteiger charge is 2.39. The monoisotopic (exact) mass is 456 g/mol. The van der Waals surface area contributed by atoms with Crippen molar-refractivity contribution >= 4 is 5.69 Å². The summed E-state index contributed by atoms with van der Waals surface area (Å²) in [6.07, 6.45) is 1.35. The van der Waals surface area contributed by atoms with Crippen molar-refractivity contribution in [3.8, 4) is 11.5 Å². The summed E-state index contributed by atoms with van der Waals surface area (Å²) in [5.74, 6) is 1.61. The minimum absolute atomic E-state index is 0.151. The Morgan fingerprint density at radius 3 is 2.39 bits per heavy atom. The molecule has 2 heterocycles. The van der Waals surface area contributed by atoms with E-state index in [1.165, 1.54) is 0 Å². The van der Waals surface area contributed by atoms with Crippen LogP contribution in [0.5, 0.6) is 11.5 Å². The number of aryl methyl sites for hydroxylation is 1. The second kappa shape index (κ2) is 10.3. The van der Waals surface area contributed by atoms with E-state index in [9.17, 15) is 10.2 Å². The summed E-state index contributed by atoms with van der Waals surface area (Å²) in [4.78, 5) is 4.42. The minimum atomic E-state index is -1.13. The molecule has 2 aliphatic heterocycles. The van der Waals surface area contributed by atoms with Gasteiger partial charge in [-0.25, -0.2) is 0 Å². The summed E-state index contributed by atoms with van der Waals surface area (Å²) in [7, 11) is 1.67. The number of piperidine rings is 1. The molecule has 2 aliphatic rings. The van der Waals surface area contributed by atoms with E-state index in [1.54, 1.807) is 7.11 Å². The van der Waals surface area contributed by atoms with Crippen molar-refractivity contribution < 1.29 is 24.4 Å². The number of β-amino-alcohol motifs (C(OH)–C–C–N with tert-alkyl or cyclic N) is 2. The molecule has 0 aromatic heterocycles. The lowest BCUT2D eigenvalue weighted by atomic mass is 9.90. The van der Waals surface area contributed by atoms with E-state index >= 15 is 0 Å². The van der Waals surface area contributed by atoms with Crippen LogP contribution in [0, 0.1) is 6.92 Å². The van der Waals surface area contributed by atoms with Crippen LogP contribution in [0.1, 0.15) is 18.4 Å². The quantitative estimate of drug-likeness (QED) is 0.663. The first-order valence-electron chi connectivity index (χ1n) is 11.7. The van der Waals surface area contributed by atoms with E-state index in [1.807, 2.05) is 43.3 Å². The van der Waals surface area contributed by atoms with Crippen LogP contribution < -0.4 is 14.4 Å². The maximum Gasteiger partial charge on any atom is 0.134 e. The molecule has 0 saturated carbocycles. The number of hydrogen-bond acceptors (Lipinski definition) is 7. The largest absolute Gasteiger partial charge is 0.497 e. The van der Waals surface area contributed by atoms with E-state index < -0.39 is 11.2 Å². The van der Waals surface area contributed by atoms with Crippen molar-refractivity contribution in [2.24, 2.45) is 0 Å². The molecule has 2 aromatic carbocycles. The number of para-hydroxylation sites is 1. The van der Waals surface area contributed by atoms with E-state index in [-0.39, 0.29) is 13.2 Å². The summed E-state index contributed by atoms with van der Waals surface area (Å²) in [5, 5.41) is 22.6. The van der Waals surface area contributed by atoms with E-state index in [2.05, 4.69) is 21.9 Å². The van der Waals surface area contributed by atoms with Crippen LogP contribution >= 0.6 is 0 Å². The Hall–Kier alpha value is -2.32. The number of aliphatic hydroxyl groups is 2. The molecule has 2 fully saturated rings. The molecule has 0 spiro atoms. The highest BCUT2D eigenvalue weighted by molar-refractivity contribution is 5.49. The Balaban J connectivity index is 1.33. The van der Waals surface area contributed by atoms with E-state index in [0.29, 0.717) is 39.1 Å². The summed E-state index contributed by atoms with van der Waals surface area (Å²) in [6.45, 7) is 6.06. The second-order valence-electron chi connectivity index (χ2n) is 9.45. The van der Waals surface area contributed by atoms with Crippen LogP contribution in [-0.4, -0.2) is 86.0 Å². The Labute approximate surface area is 196 Å². The van der Waals surface area contributed by atoms with Crippen LogP contribution in [0.3, 0.4) is 0 Å². The third-order valence-electron chi connectivity index (χ3n) is 6.68. The van der Waals surface area contributed by atoms with Gasteiger partial charge in [-0.3, -0.25) is 4.90 Å². The molecular formula is C26H36N2O5. The fourth-order valence-electron chi connectivity index (χ4n) is 4.70. The zero-order valence-electron chi connectivity index (χ0n) is 19.7. The van der Waals surface area contributed by atoms with Gasteiger partial charge in [0, 0.05) is 38.4 Å². The molecule has 1 unspecified atom stereocenters. The predicted octanol–water partition coefficient (Wildman–Crippen LogP) is 2.48. The third kappa shape index (κ3) is 6.18. The smallest absolute Gasteiger partial charge is 0.134 e. The summed E-state index contributed by atoms with van der Waals surface area (Å²) >= 11 is 0. The highest BCUT2D eigenvalue weighted by Crippen LogP contribution is 2.29. The number of methoxy groups -OCH3 is 1. The van der Waals surface area contributed by atoms with Gasteiger partial charge in [-0.05, 0) is 55.7 Å². The average Bonchev–Trinajstić information content (AvgIpc) is 3.00. The molecule has 7 nitrogen and oxygen atoms in total. The standard InChI is InChI=1S/C26H36N2O5/c1-21-5-3-4-6-24(21)33-20-26(30)18-27(15-16-32-19-26)17-25(29)11-13-28(14-12-25)22-7-9-23(31-2)10-8-22/h3-10,29-30H,11-20H2,1-2H3. The maximum atomic E-state index is 11.3. The Bertz CT molecular complexity index is 898. The van der Waals surface area contributed by atoms with Crippen molar-refractivity contribution in [3.05, 3.63) is 54.1 Å². The molecule has 4 rings (SSSR count). The van der Waals surface area contributed by atoms with Gasteiger partial charge in [0.05, 0.1) is 25.9 Å². The van der Waals surface area contributed by atoms with Crippen molar-refractivity contribution in [1.29, 1.82) is 0 Å². The normalized spacial score (nSPS) is 23.7. The number of benzene rings is 2. The topological polar surface area (TPSA) is 74.6 Å². The molecule has 0 bridgehead atoms. The van der Waals surface area contributed by atoms with Gasteiger partial charge in [0.1, 0.15) is 23.7 Å². The zero-order valence-corrected chi connectivity index (χ0v) is 19.7. The van der Waals surface area contributed by atoms with Crippen molar-refractivity contribution in [2.75, 3.05) is 64.6 Å². The SMILES string of the molecule is COc1ccc(N2CCC(O)(CN3CCOCC(O)(COc4ccccc4C)C3)CC2)cc1. The third-order valence-corrected chi connectivity index (χ3v) is 6.68. The molecule has 0 aliphatic carbocycles. The summed E-state index contributed by atoms with van der Waals surface area (Å²) in [6, 6.07) is 15.8. The number of rotatable bonds is 7. The number of nitrogens with zero attached hydrogens (tertiary/aromatic N) is 2. The van der Waals surface area contributed by atoms with E-state index in [0.717, 1.165) is 35.8 Å². The molecule has 180 valence electrons. The second-order valence-corrected chi connectivity index (χ2v) is 9.45. The van der Waals surface area contributed by atoms with Crippen LogP contribution in [-0.2, 0) is 4.74 Å². The van der Waals surface area contributed by atoms with Crippen molar-refractivity contribution in [1.82, 2.24) is 4.90 Å². The minimum Gasteiger partial charge on any atom is -0.497 e. The number of hydrogen-bond donors (Lipinski definition) is 2. The van der Waals surface area contributed by atoms with Gasteiger partial charge in [-0.15, -0.1) is 0 Å². The first-order chi connectivity index (χ1) is 15.9. The van der Waals surface area contributed by atoms with Crippen molar-refractivity contribution in [2.45, 2.75) is 31.0 Å². The Morgan fingerprint density at radius 2 is 1.70 bits per heavy atom. The average molecular weight is 457 g/mol. The van der Waals surface area contributed by atoms with Gasteiger partial charge in [-0.1, -0.05) is 18.2 Å². The zero-order chi connectivity index (χ0) is 23.3. The summed E-state index contributed by atoms with van der Waals surface area (Å²) < 4.78 is 16.9. The number of anilines is 1. The van der Waals surface area contributed by atoms with Gasteiger partial charge in [0.25, 0.3) is 0 Å². The van der Waals surface area contributed by atoms with Gasteiger partial charge < -0.3 is 29.3 Å². The Morgan fingerprint density at radius 1 is 0.970 bits per heavy atom. The summed E-state index contributed by atoms with van der Waals surface area (Å²) in [5.41, 5.74) is 0.263. The lowest BCUT2D eigenvalue weighted by molar-refractivity contribution is -0.0743. The van der Waals surface area contributed by atoms with Crippen LogP contribution in [0.4, 0.5) is 5.69 Å². The molecular weight excluding hydrogens is 420 g/mol. The van der Waals surface area contributed by atoms with Crippen LogP contribution in [0.15, 0.2) is 48.5 Å². The first-order valence-corrected chi connectivity index (χ1v) is 11.7. The predicted molar refractivity (Wildman–Crippen MR) is 128 cm³/mol. The maximum absolute atomic E-state index is 11.3. The fourth-order valence-corrected chi connectivity index (χ4v) is 4.70. The molecule has 1 atom stereocenters. The molecule has 7 heteroatoms. The van der Waals surface area contributed by atoms with Crippen LogP contribution in [0.2, 0.25) is 0 Å². The van der Waals surface area contributed by atoms with Gasteiger partial charge in [-0.2, -0.15) is 0 Å². The Kier molecular flexibility index (Phi) is 7.44. The molecule has 33 heavy (non-hydrogen) atoms. The molecule has 2 aromatic rings. The van der Waals surface area contributed by atoms with Gasteiger partial charge in [0.15, 0.2) is 0 Å².